The summed E-state index contributed by atoms with van der Waals surface area (Å²) in [6.45, 7) is 6.50. The van der Waals surface area contributed by atoms with Crippen LogP contribution in [0.4, 0.5) is 0 Å². The first kappa shape index (κ1) is 69.3. The molecule has 0 amide bonds. The molecule has 0 spiro atoms. The van der Waals surface area contributed by atoms with Crippen LogP contribution in [-0.4, -0.2) is 37.2 Å². The summed E-state index contributed by atoms with van der Waals surface area (Å²) < 4.78 is 16.8. The van der Waals surface area contributed by atoms with Crippen molar-refractivity contribution in [1.82, 2.24) is 0 Å². The largest absolute Gasteiger partial charge is 0.462 e. The molecule has 0 N–H and O–H groups in total. The quantitative estimate of drug-likeness (QED) is 0.0261. The lowest BCUT2D eigenvalue weighted by Crippen LogP contribution is -2.30. The fourth-order valence-corrected chi connectivity index (χ4v) is 8.52. The number of esters is 3. The highest BCUT2D eigenvalue weighted by Gasteiger charge is 2.19. The van der Waals surface area contributed by atoms with Crippen molar-refractivity contribution in [3.63, 3.8) is 0 Å². The molecule has 0 saturated carbocycles. The number of hydrogen-bond acceptors (Lipinski definition) is 6. The average Bonchev–Trinajstić information content (AvgIpc) is 3.39. The van der Waals surface area contributed by atoms with Gasteiger partial charge in [-0.3, -0.25) is 14.4 Å². The van der Waals surface area contributed by atoms with Gasteiger partial charge in [-0.25, -0.2) is 0 Å². The molecule has 6 nitrogen and oxygen atoms in total. The van der Waals surface area contributed by atoms with E-state index < -0.39 is 6.10 Å². The Labute approximate surface area is 451 Å². The van der Waals surface area contributed by atoms with Crippen molar-refractivity contribution in [2.75, 3.05) is 13.2 Å². The van der Waals surface area contributed by atoms with Gasteiger partial charge in [0.05, 0.1) is 0 Å². The van der Waals surface area contributed by atoms with E-state index in [4.69, 9.17) is 14.2 Å². The van der Waals surface area contributed by atoms with Crippen LogP contribution in [0, 0.1) is 0 Å². The Morgan fingerprint density at radius 3 is 0.836 bits per heavy atom. The van der Waals surface area contributed by atoms with E-state index in [1.807, 2.05) is 0 Å². The van der Waals surface area contributed by atoms with Crippen LogP contribution in [0.2, 0.25) is 0 Å². The van der Waals surface area contributed by atoms with E-state index in [0.29, 0.717) is 19.3 Å². The summed E-state index contributed by atoms with van der Waals surface area (Å²) in [4.78, 5) is 38.1. The maximum absolute atomic E-state index is 12.9. The van der Waals surface area contributed by atoms with Crippen molar-refractivity contribution < 1.29 is 28.6 Å². The lowest BCUT2D eigenvalue weighted by atomic mass is 10.0. The van der Waals surface area contributed by atoms with Gasteiger partial charge < -0.3 is 14.2 Å². The number of carbonyl (C=O) groups excluding carboxylic acids is 3. The molecule has 0 radical (unpaired) electrons. The molecular weight excluding hydrogens is 901 g/mol. The van der Waals surface area contributed by atoms with Crippen LogP contribution in [0.5, 0.6) is 0 Å². The number of unbranched alkanes of at least 4 members (excludes halogenated alkanes) is 28. The molecule has 0 aliphatic heterocycles. The molecule has 1 atom stereocenters. The van der Waals surface area contributed by atoms with E-state index in [-0.39, 0.29) is 31.1 Å². The molecule has 0 aromatic rings. The first-order valence-corrected chi connectivity index (χ1v) is 30.7. The highest BCUT2D eigenvalue weighted by Crippen LogP contribution is 2.16. The molecule has 0 heterocycles. The molecule has 0 aliphatic rings. The Kier molecular flexibility index (Phi) is 57.8. The van der Waals surface area contributed by atoms with Gasteiger partial charge in [0.2, 0.25) is 0 Å². The number of ether oxygens (including phenoxy) is 3. The molecule has 0 aromatic heterocycles. The molecule has 0 fully saturated rings. The predicted molar refractivity (Wildman–Crippen MR) is 316 cm³/mol. The van der Waals surface area contributed by atoms with Crippen LogP contribution < -0.4 is 0 Å². The van der Waals surface area contributed by atoms with Gasteiger partial charge in [-0.05, 0) is 83.5 Å². The van der Waals surface area contributed by atoms with Gasteiger partial charge in [0.25, 0.3) is 0 Å². The first-order valence-electron chi connectivity index (χ1n) is 30.7. The van der Waals surface area contributed by atoms with E-state index in [9.17, 15) is 14.4 Å². The highest BCUT2D eigenvalue weighted by molar-refractivity contribution is 5.71. The van der Waals surface area contributed by atoms with E-state index >= 15 is 0 Å². The molecule has 73 heavy (non-hydrogen) atoms. The number of hydrogen-bond donors (Lipinski definition) is 0. The zero-order valence-electron chi connectivity index (χ0n) is 47.9. The van der Waals surface area contributed by atoms with Crippen LogP contribution in [0.1, 0.15) is 290 Å². The monoisotopic (exact) mass is 1010 g/mol. The van der Waals surface area contributed by atoms with Gasteiger partial charge in [-0.15, -0.1) is 0 Å². The fourth-order valence-electron chi connectivity index (χ4n) is 8.52. The molecule has 418 valence electrons. The van der Waals surface area contributed by atoms with Gasteiger partial charge in [0.1, 0.15) is 13.2 Å². The third-order valence-electron chi connectivity index (χ3n) is 13.1. The standard InChI is InChI=1S/C67H114O6/c1-4-7-10-13-16-19-22-24-26-28-30-31-32-33-34-35-36-37-38-40-41-43-45-48-51-54-57-60-66(69)72-63-64(62-71-65(68)59-56-53-50-47-21-18-15-12-9-6-3)73-67(70)61-58-55-52-49-46-44-42-39-29-27-25-23-20-17-14-11-8-5-2/h7,10,16,19,24,26,30-31,33-34,36-37,40-41,45,48,64H,4-6,8-9,11-15,17-18,20-23,25,27-29,32,35,38-39,42-44,46-47,49-63H2,1-3H3/b10-7-,19-16-,26-24-,31-30-,34-33-,37-36-,41-40-,48-45-. The van der Waals surface area contributed by atoms with E-state index in [1.165, 1.54) is 141 Å². The Hall–Kier alpha value is -3.67. The second-order valence-corrected chi connectivity index (χ2v) is 20.2. The van der Waals surface area contributed by atoms with Crippen LogP contribution in [-0.2, 0) is 28.6 Å². The minimum absolute atomic E-state index is 0.0879. The fraction of sp³-hybridized carbons (Fsp3) is 0.716. The molecule has 0 saturated heterocycles. The molecule has 0 aliphatic carbocycles. The maximum Gasteiger partial charge on any atom is 0.306 e. The van der Waals surface area contributed by atoms with Crippen molar-refractivity contribution in [3.8, 4) is 0 Å². The van der Waals surface area contributed by atoms with E-state index in [2.05, 4.69) is 118 Å². The second-order valence-electron chi connectivity index (χ2n) is 20.2. The lowest BCUT2D eigenvalue weighted by molar-refractivity contribution is -0.167. The van der Waals surface area contributed by atoms with Gasteiger partial charge in [0.15, 0.2) is 6.10 Å². The summed E-state index contributed by atoms with van der Waals surface area (Å²) in [7, 11) is 0. The summed E-state index contributed by atoms with van der Waals surface area (Å²) in [6.07, 6.45) is 81.3. The Bertz CT molecular complexity index is 1440. The number of carbonyl (C=O) groups is 3. The summed E-state index contributed by atoms with van der Waals surface area (Å²) in [5.41, 5.74) is 0. The molecule has 0 aromatic carbocycles. The average molecular weight is 1020 g/mol. The van der Waals surface area contributed by atoms with Crippen molar-refractivity contribution in [2.45, 2.75) is 297 Å². The van der Waals surface area contributed by atoms with Gasteiger partial charge in [-0.2, -0.15) is 0 Å². The normalized spacial score (nSPS) is 12.8. The molecule has 6 heteroatoms. The SMILES string of the molecule is CC/C=C\C/C=C\C/C=C\C/C=C\C/C=C\C/C=C\C/C=C\C/C=C\CCCCC(=O)OCC(COC(=O)CCCCCCCCCCCC)OC(=O)CCCCCCCCCCCCCCCCCCCC. The summed E-state index contributed by atoms with van der Waals surface area (Å²) >= 11 is 0. The van der Waals surface area contributed by atoms with Crippen LogP contribution >= 0.6 is 0 Å². The Morgan fingerprint density at radius 1 is 0.288 bits per heavy atom. The third kappa shape index (κ3) is 59.1. The number of allylic oxidation sites excluding steroid dienone is 16. The minimum atomic E-state index is -0.793. The summed E-state index contributed by atoms with van der Waals surface area (Å²) in [5.74, 6) is -0.926. The highest BCUT2D eigenvalue weighted by atomic mass is 16.6. The third-order valence-corrected chi connectivity index (χ3v) is 13.1. The minimum Gasteiger partial charge on any atom is -0.462 e. The molecular formula is C67H114O6. The topological polar surface area (TPSA) is 78.9 Å². The van der Waals surface area contributed by atoms with Crippen LogP contribution in [0.25, 0.3) is 0 Å². The van der Waals surface area contributed by atoms with Crippen molar-refractivity contribution >= 4 is 17.9 Å². The summed E-state index contributed by atoms with van der Waals surface area (Å²) in [6, 6.07) is 0. The Balaban J connectivity index is 4.35. The maximum atomic E-state index is 12.9. The lowest BCUT2D eigenvalue weighted by Gasteiger charge is -2.18. The van der Waals surface area contributed by atoms with E-state index in [0.717, 1.165) is 109 Å². The molecule has 1 unspecified atom stereocenters. The zero-order valence-corrected chi connectivity index (χ0v) is 47.9. The van der Waals surface area contributed by atoms with E-state index in [1.54, 1.807) is 0 Å². The molecule has 0 rings (SSSR count). The predicted octanol–water partition coefficient (Wildman–Crippen LogP) is 20.9. The number of rotatable bonds is 55. The van der Waals surface area contributed by atoms with Gasteiger partial charge in [-0.1, -0.05) is 285 Å². The van der Waals surface area contributed by atoms with Crippen LogP contribution in [0.15, 0.2) is 97.2 Å². The van der Waals surface area contributed by atoms with Gasteiger partial charge >= 0.3 is 17.9 Å². The van der Waals surface area contributed by atoms with Crippen molar-refractivity contribution in [2.24, 2.45) is 0 Å². The smallest absolute Gasteiger partial charge is 0.306 e. The van der Waals surface area contributed by atoms with Crippen LogP contribution in [0.3, 0.4) is 0 Å². The molecule has 0 bridgehead atoms. The van der Waals surface area contributed by atoms with Crippen molar-refractivity contribution in [3.05, 3.63) is 97.2 Å². The zero-order chi connectivity index (χ0) is 52.9. The van der Waals surface area contributed by atoms with Crippen molar-refractivity contribution in [1.29, 1.82) is 0 Å². The summed E-state index contributed by atoms with van der Waals surface area (Å²) in [5, 5.41) is 0. The van der Waals surface area contributed by atoms with Gasteiger partial charge in [0, 0.05) is 19.3 Å². The Morgan fingerprint density at radius 2 is 0.534 bits per heavy atom. The first-order chi connectivity index (χ1) is 36.0. The second kappa shape index (κ2) is 60.9.